The molecule has 5 heteroatoms. The summed E-state index contributed by atoms with van der Waals surface area (Å²) in [6.45, 7) is 0. The molecule has 1 aliphatic rings. The summed E-state index contributed by atoms with van der Waals surface area (Å²) in [5.74, 6) is 0.0783. The van der Waals surface area contributed by atoms with Crippen molar-refractivity contribution < 1.29 is 24.2 Å². The minimum Gasteiger partial charge on any atom is -0.481 e. The van der Waals surface area contributed by atoms with Gasteiger partial charge in [0, 0.05) is 6.42 Å². The number of carboxylic acids is 1. The predicted molar refractivity (Wildman–Crippen MR) is 76.6 cm³/mol. The first kappa shape index (κ1) is 15.4. The molecule has 0 heterocycles. The number of benzene rings is 1. The lowest BCUT2D eigenvalue weighted by atomic mass is 9.94. The third-order valence-electron chi connectivity index (χ3n) is 3.86. The van der Waals surface area contributed by atoms with Gasteiger partial charge in [-0.05, 0) is 42.4 Å². The average Bonchev–Trinajstić information content (AvgIpc) is 3.00. The van der Waals surface area contributed by atoms with Gasteiger partial charge in [0.05, 0.1) is 7.11 Å². The van der Waals surface area contributed by atoms with E-state index in [1.807, 2.05) is 6.07 Å². The number of aliphatic carboxylic acids is 1. The van der Waals surface area contributed by atoms with Crippen LogP contribution >= 0.6 is 0 Å². The van der Waals surface area contributed by atoms with Crippen LogP contribution in [0.15, 0.2) is 18.2 Å². The van der Waals surface area contributed by atoms with Crippen molar-refractivity contribution in [2.24, 2.45) is 0 Å². The smallest absolute Gasteiger partial charge is 0.481 e. The van der Waals surface area contributed by atoms with Crippen molar-refractivity contribution in [2.75, 3.05) is 7.11 Å². The van der Waals surface area contributed by atoms with E-state index in [1.165, 1.54) is 20.0 Å². The van der Waals surface area contributed by atoms with Crippen molar-refractivity contribution in [2.45, 2.75) is 44.4 Å². The van der Waals surface area contributed by atoms with Crippen LogP contribution in [-0.2, 0) is 16.0 Å². The van der Waals surface area contributed by atoms with Crippen LogP contribution in [0.5, 0.6) is 5.75 Å². The molecule has 0 amide bonds. The van der Waals surface area contributed by atoms with Crippen LogP contribution in [0, 0.1) is 0 Å². The summed E-state index contributed by atoms with van der Waals surface area (Å²) in [5.41, 5.74) is 1.94. The number of aryl methyl sites for hydroxylation is 1. The van der Waals surface area contributed by atoms with Crippen LogP contribution in [0.25, 0.3) is 0 Å². The fourth-order valence-corrected chi connectivity index (χ4v) is 2.78. The molecule has 0 bridgehead atoms. The summed E-state index contributed by atoms with van der Waals surface area (Å²) in [7, 11) is 1.28. The minimum absolute atomic E-state index is 0.0985. The van der Waals surface area contributed by atoms with E-state index in [0.717, 1.165) is 24.0 Å². The van der Waals surface area contributed by atoms with Gasteiger partial charge in [0.15, 0.2) is 0 Å². The fourth-order valence-electron chi connectivity index (χ4n) is 2.78. The van der Waals surface area contributed by atoms with Gasteiger partial charge in [-0.2, -0.15) is 0 Å². The zero-order valence-electron chi connectivity index (χ0n) is 12.1. The second kappa shape index (κ2) is 7.11. The molecule has 0 aromatic heterocycles. The molecule has 1 aromatic rings. The largest absolute Gasteiger partial charge is 0.513 e. The van der Waals surface area contributed by atoms with E-state index in [1.54, 1.807) is 12.1 Å². The molecule has 0 unspecified atom stereocenters. The number of methoxy groups -OCH3 is 1. The van der Waals surface area contributed by atoms with E-state index in [2.05, 4.69) is 4.74 Å². The lowest BCUT2D eigenvalue weighted by Crippen LogP contribution is -2.10. The maximum Gasteiger partial charge on any atom is 0.513 e. The van der Waals surface area contributed by atoms with Gasteiger partial charge in [0.25, 0.3) is 0 Å². The van der Waals surface area contributed by atoms with Crippen LogP contribution in [0.1, 0.15) is 49.1 Å². The van der Waals surface area contributed by atoms with Crippen molar-refractivity contribution in [3.8, 4) is 5.75 Å². The Morgan fingerprint density at radius 1 is 1.29 bits per heavy atom. The molecule has 0 saturated heterocycles. The van der Waals surface area contributed by atoms with Crippen LogP contribution in [-0.4, -0.2) is 24.3 Å². The van der Waals surface area contributed by atoms with E-state index in [0.29, 0.717) is 18.1 Å². The quantitative estimate of drug-likeness (QED) is 0.664. The summed E-state index contributed by atoms with van der Waals surface area (Å²) in [4.78, 5) is 22.0. The summed E-state index contributed by atoms with van der Waals surface area (Å²) in [6, 6.07) is 5.51. The SMILES string of the molecule is COC(=O)Oc1ccc(CCC(=O)O)cc1C1CCCC1. The van der Waals surface area contributed by atoms with Crippen LogP contribution in [0.3, 0.4) is 0 Å². The van der Waals surface area contributed by atoms with Crippen molar-refractivity contribution in [1.82, 2.24) is 0 Å². The molecule has 2 rings (SSSR count). The van der Waals surface area contributed by atoms with Crippen molar-refractivity contribution in [3.05, 3.63) is 29.3 Å². The van der Waals surface area contributed by atoms with E-state index < -0.39 is 12.1 Å². The van der Waals surface area contributed by atoms with Crippen LogP contribution in [0.2, 0.25) is 0 Å². The first-order chi connectivity index (χ1) is 10.1. The zero-order chi connectivity index (χ0) is 15.2. The van der Waals surface area contributed by atoms with Crippen molar-refractivity contribution in [1.29, 1.82) is 0 Å². The Bertz CT molecular complexity index is 517. The van der Waals surface area contributed by atoms with Gasteiger partial charge in [0.2, 0.25) is 0 Å². The highest BCUT2D eigenvalue weighted by molar-refractivity contribution is 5.67. The molecule has 1 fully saturated rings. The third-order valence-corrected chi connectivity index (χ3v) is 3.86. The number of carbonyl (C=O) groups is 2. The van der Waals surface area contributed by atoms with E-state index in [9.17, 15) is 9.59 Å². The summed E-state index contributed by atoms with van der Waals surface area (Å²) < 4.78 is 9.75. The number of ether oxygens (including phenoxy) is 2. The number of hydrogen-bond donors (Lipinski definition) is 1. The van der Waals surface area contributed by atoms with Crippen LogP contribution in [0.4, 0.5) is 4.79 Å². The van der Waals surface area contributed by atoms with Gasteiger partial charge in [-0.3, -0.25) is 4.79 Å². The Kier molecular flexibility index (Phi) is 5.20. The van der Waals surface area contributed by atoms with Crippen LogP contribution < -0.4 is 4.74 Å². The zero-order valence-corrected chi connectivity index (χ0v) is 12.1. The second-order valence-corrected chi connectivity index (χ2v) is 5.30. The Hall–Kier alpha value is -2.04. The highest BCUT2D eigenvalue weighted by atomic mass is 16.7. The molecule has 0 radical (unpaired) electrons. The van der Waals surface area contributed by atoms with Gasteiger partial charge in [-0.1, -0.05) is 25.0 Å². The highest BCUT2D eigenvalue weighted by Crippen LogP contribution is 2.39. The molecule has 114 valence electrons. The van der Waals surface area contributed by atoms with E-state index in [-0.39, 0.29) is 6.42 Å². The third kappa shape index (κ3) is 4.21. The van der Waals surface area contributed by atoms with Crippen molar-refractivity contribution >= 4 is 12.1 Å². The fraction of sp³-hybridized carbons (Fsp3) is 0.500. The number of rotatable bonds is 5. The molecule has 21 heavy (non-hydrogen) atoms. The molecule has 0 aliphatic heterocycles. The minimum atomic E-state index is -0.813. The van der Waals surface area contributed by atoms with Gasteiger partial charge in [-0.15, -0.1) is 0 Å². The standard InChI is InChI=1S/C16H20O5/c1-20-16(19)21-14-8-6-11(7-9-15(17)18)10-13(14)12-4-2-3-5-12/h6,8,10,12H,2-5,7,9H2,1H3,(H,17,18). The Balaban J connectivity index is 2.22. The number of carboxylic acid groups (broad SMARTS) is 1. The maximum absolute atomic E-state index is 11.3. The lowest BCUT2D eigenvalue weighted by molar-refractivity contribution is -0.136. The topological polar surface area (TPSA) is 72.8 Å². The Morgan fingerprint density at radius 2 is 2.00 bits per heavy atom. The van der Waals surface area contributed by atoms with Gasteiger partial charge in [0.1, 0.15) is 5.75 Å². The summed E-state index contributed by atoms with van der Waals surface area (Å²) >= 11 is 0. The Labute approximate surface area is 123 Å². The van der Waals surface area contributed by atoms with E-state index >= 15 is 0 Å². The molecule has 5 nitrogen and oxygen atoms in total. The molecule has 1 aromatic carbocycles. The summed E-state index contributed by atoms with van der Waals surface area (Å²) in [6.07, 6.45) is 4.32. The molecule has 0 spiro atoms. The average molecular weight is 292 g/mol. The molecule has 1 N–H and O–H groups in total. The number of carbonyl (C=O) groups excluding carboxylic acids is 1. The number of hydrogen-bond acceptors (Lipinski definition) is 4. The second-order valence-electron chi connectivity index (χ2n) is 5.30. The van der Waals surface area contributed by atoms with E-state index in [4.69, 9.17) is 9.84 Å². The predicted octanol–water partition coefficient (Wildman–Crippen LogP) is 3.51. The molecular formula is C16H20O5. The summed E-state index contributed by atoms with van der Waals surface area (Å²) in [5, 5.41) is 8.78. The normalized spacial score (nSPS) is 14.9. The van der Waals surface area contributed by atoms with Gasteiger partial charge < -0.3 is 14.6 Å². The van der Waals surface area contributed by atoms with Crippen molar-refractivity contribution in [3.63, 3.8) is 0 Å². The first-order valence-corrected chi connectivity index (χ1v) is 7.20. The maximum atomic E-state index is 11.3. The molecule has 0 atom stereocenters. The molecule has 1 aliphatic carbocycles. The monoisotopic (exact) mass is 292 g/mol. The van der Waals surface area contributed by atoms with Gasteiger partial charge in [-0.25, -0.2) is 4.79 Å². The first-order valence-electron chi connectivity index (χ1n) is 7.20. The van der Waals surface area contributed by atoms with Gasteiger partial charge >= 0.3 is 12.1 Å². The highest BCUT2D eigenvalue weighted by Gasteiger charge is 2.22. The molecular weight excluding hydrogens is 272 g/mol. The molecule has 1 saturated carbocycles. The Morgan fingerprint density at radius 3 is 2.62 bits per heavy atom. The lowest BCUT2D eigenvalue weighted by Gasteiger charge is -2.16.